The molecule has 0 saturated heterocycles. The number of ether oxygens (including phenoxy) is 1. The van der Waals surface area contributed by atoms with Crippen molar-refractivity contribution in [1.82, 2.24) is 4.98 Å². The van der Waals surface area contributed by atoms with Crippen LogP contribution >= 0.6 is 11.6 Å². The van der Waals surface area contributed by atoms with Crippen LogP contribution in [0, 0.1) is 6.92 Å². The number of nitrogens with zero attached hydrogens (tertiary/aromatic N) is 2. The molecular formula is C20H24ClN3O3. The van der Waals surface area contributed by atoms with Gasteiger partial charge >= 0.3 is 5.97 Å². The van der Waals surface area contributed by atoms with Gasteiger partial charge in [0.2, 0.25) is 0 Å². The number of anilines is 2. The van der Waals surface area contributed by atoms with Gasteiger partial charge in [0.15, 0.2) is 0 Å². The maximum atomic E-state index is 12.6. The number of pyridine rings is 1. The van der Waals surface area contributed by atoms with Crippen molar-refractivity contribution in [2.75, 3.05) is 23.9 Å². The zero-order chi connectivity index (χ0) is 20.1. The highest BCUT2D eigenvalue weighted by Gasteiger charge is 2.18. The van der Waals surface area contributed by atoms with E-state index in [-0.39, 0.29) is 17.6 Å². The van der Waals surface area contributed by atoms with E-state index in [1.54, 1.807) is 37.3 Å². The summed E-state index contributed by atoms with van der Waals surface area (Å²) in [6.45, 7) is 8.60. The minimum Gasteiger partial charge on any atom is -0.465 e. The van der Waals surface area contributed by atoms with Gasteiger partial charge in [-0.25, -0.2) is 9.78 Å². The van der Waals surface area contributed by atoms with Crippen LogP contribution in [0.15, 0.2) is 30.3 Å². The lowest BCUT2D eigenvalue weighted by atomic mass is 10.1. The van der Waals surface area contributed by atoms with E-state index >= 15 is 0 Å². The van der Waals surface area contributed by atoms with E-state index in [9.17, 15) is 9.59 Å². The lowest BCUT2D eigenvalue weighted by Crippen LogP contribution is -2.32. The summed E-state index contributed by atoms with van der Waals surface area (Å²) in [7, 11) is 1.33. The molecule has 27 heavy (non-hydrogen) atoms. The van der Waals surface area contributed by atoms with Crippen molar-refractivity contribution < 1.29 is 14.3 Å². The van der Waals surface area contributed by atoms with Gasteiger partial charge in [-0.15, -0.1) is 0 Å². The molecule has 1 aromatic heterocycles. The number of aryl methyl sites for hydroxylation is 1. The maximum absolute atomic E-state index is 12.6. The first kappa shape index (κ1) is 20.7. The highest BCUT2D eigenvalue weighted by Crippen LogP contribution is 2.26. The summed E-state index contributed by atoms with van der Waals surface area (Å²) in [5, 5.41) is 3.30. The Labute approximate surface area is 164 Å². The Balaban J connectivity index is 2.26. The average molecular weight is 390 g/mol. The minimum absolute atomic E-state index is 0.201. The third kappa shape index (κ3) is 4.77. The van der Waals surface area contributed by atoms with Gasteiger partial charge in [0.1, 0.15) is 11.5 Å². The zero-order valence-electron chi connectivity index (χ0n) is 16.2. The Morgan fingerprint density at radius 1 is 1.26 bits per heavy atom. The van der Waals surface area contributed by atoms with Crippen LogP contribution in [0.5, 0.6) is 0 Å². The van der Waals surface area contributed by atoms with Crippen LogP contribution in [-0.2, 0) is 4.74 Å². The molecule has 2 aromatic rings. The highest BCUT2D eigenvalue weighted by atomic mass is 35.5. The molecule has 1 amide bonds. The molecule has 7 heteroatoms. The van der Waals surface area contributed by atoms with Gasteiger partial charge in [-0.1, -0.05) is 11.6 Å². The molecule has 0 radical (unpaired) electrons. The van der Waals surface area contributed by atoms with Gasteiger partial charge in [0, 0.05) is 18.3 Å². The van der Waals surface area contributed by atoms with E-state index in [0.29, 0.717) is 27.7 Å². The van der Waals surface area contributed by atoms with Gasteiger partial charge < -0.3 is 15.0 Å². The number of rotatable bonds is 6. The van der Waals surface area contributed by atoms with Crippen LogP contribution in [0.2, 0.25) is 5.02 Å². The molecule has 0 saturated carbocycles. The number of benzene rings is 1. The van der Waals surface area contributed by atoms with Crippen LogP contribution in [0.25, 0.3) is 0 Å². The Bertz CT molecular complexity index is 852. The summed E-state index contributed by atoms with van der Waals surface area (Å²) in [6, 6.07) is 8.45. The standard InChI is InChI=1S/C20H24ClN3O3/c1-6-24(12(2)3)18-16(21)9-10-17(23-18)19(25)22-14-7-8-15(13(4)11-14)20(26)27-5/h7-12H,6H2,1-5H3,(H,22,25). The second-order valence-electron chi connectivity index (χ2n) is 6.36. The number of carbonyl (C=O) groups excluding carboxylic acids is 2. The summed E-state index contributed by atoms with van der Waals surface area (Å²) in [5.41, 5.74) is 2.00. The van der Waals surface area contributed by atoms with Crippen molar-refractivity contribution in [3.05, 3.63) is 52.2 Å². The van der Waals surface area contributed by atoms with Crippen LogP contribution in [0.4, 0.5) is 11.5 Å². The number of nitrogens with one attached hydrogen (secondary N) is 1. The van der Waals surface area contributed by atoms with Gasteiger partial charge in [-0.2, -0.15) is 0 Å². The molecule has 0 spiro atoms. The first-order chi connectivity index (χ1) is 12.8. The number of aromatic nitrogens is 1. The Morgan fingerprint density at radius 3 is 2.52 bits per heavy atom. The van der Waals surface area contributed by atoms with Crippen LogP contribution in [0.1, 0.15) is 47.2 Å². The number of methoxy groups -OCH3 is 1. The van der Waals surface area contributed by atoms with Crippen molar-refractivity contribution in [1.29, 1.82) is 0 Å². The second kappa shape index (κ2) is 8.86. The summed E-state index contributed by atoms with van der Waals surface area (Å²) in [6.07, 6.45) is 0. The number of esters is 1. The molecule has 0 bridgehead atoms. The maximum Gasteiger partial charge on any atom is 0.338 e. The molecule has 0 aliphatic carbocycles. The van der Waals surface area contributed by atoms with Gasteiger partial charge in [-0.3, -0.25) is 4.79 Å². The van der Waals surface area contributed by atoms with Crippen LogP contribution in [0.3, 0.4) is 0 Å². The second-order valence-corrected chi connectivity index (χ2v) is 6.76. The minimum atomic E-state index is -0.414. The van der Waals surface area contributed by atoms with Gasteiger partial charge in [0.25, 0.3) is 5.91 Å². The van der Waals surface area contributed by atoms with Crippen molar-refractivity contribution in [2.24, 2.45) is 0 Å². The molecule has 144 valence electrons. The molecule has 1 N–H and O–H groups in total. The molecule has 1 aromatic carbocycles. The Morgan fingerprint density at radius 2 is 1.96 bits per heavy atom. The first-order valence-corrected chi connectivity index (χ1v) is 9.09. The molecule has 2 rings (SSSR count). The van der Waals surface area contributed by atoms with Crippen molar-refractivity contribution in [2.45, 2.75) is 33.7 Å². The number of hydrogen-bond donors (Lipinski definition) is 1. The summed E-state index contributed by atoms with van der Waals surface area (Å²) < 4.78 is 4.73. The predicted octanol–water partition coefficient (Wildman–Crippen LogP) is 4.32. The van der Waals surface area contributed by atoms with Gasteiger partial charge in [0.05, 0.1) is 17.7 Å². The Kier molecular flexibility index (Phi) is 6.80. The third-order valence-corrected chi connectivity index (χ3v) is 4.48. The van der Waals surface area contributed by atoms with E-state index in [1.807, 2.05) is 25.7 Å². The predicted molar refractivity (Wildman–Crippen MR) is 108 cm³/mol. The monoisotopic (exact) mass is 389 g/mol. The number of amides is 1. The first-order valence-electron chi connectivity index (χ1n) is 8.72. The molecule has 0 atom stereocenters. The molecule has 6 nitrogen and oxygen atoms in total. The fourth-order valence-electron chi connectivity index (χ4n) is 2.79. The van der Waals surface area contributed by atoms with Crippen molar-refractivity contribution in [3.63, 3.8) is 0 Å². The van der Waals surface area contributed by atoms with E-state index < -0.39 is 5.97 Å². The van der Waals surface area contributed by atoms with Crippen LogP contribution < -0.4 is 10.2 Å². The van der Waals surface area contributed by atoms with Crippen molar-refractivity contribution in [3.8, 4) is 0 Å². The van der Waals surface area contributed by atoms with E-state index in [1.165, 1.54) is 7.11 Å². The Hall–Kier alpha value is -2.60. The fourth-order valence-corrected chi connectivity index (χ4v) is 3.01. The summed E-state index contributed by atoms with van der Waals surface area (Å²) >= 11 is 6.28. The molecule has 1 heterocycles. The van der Waals surface area contributed by atoms with E-state index in [0.717, 1.165) is 6.54 Å². The van der Waals surface area contributed by atoms with Crippen LogP contribution in [-0.4, -0.2) is 36.6 Å². The van der Waals surface area contributed by atoms with Gasteiger partial charge in [-0.05, 0) is 63.6 Å². The molecular weight excluding hydrogens is 366 g/mol. The van der Waals surface area contributed by atoms with Crippen molar-refractivity contribution >= 4 is 35.0 Å². The fraction of sp³-hybridized carbons (Fsp3) is 0.350. The molecule has 0 aliphatic heterocycles. The number of halogens is 1. The topological polar surface area (TPSA) is 71.5 Å². The van der Waals surface area contributed by atoms with E-state index in [4.69, 9.17) is 16.3 Å². The quantitative estimate of drug-likeness (QED) is 0.745. The number of hydrogen-bond acceptors (Lipinski definition) is 5. The lowest BCUT2D eigenvalue weighted by Gasteiger charge is -2.27. The lowest BCUT2D eigenvalue weighted by molar-refractivity contribution is 0.0600. The summed E-state index contributed by atoms with van der Waals surface area (Å²) in [5.74, 6) is -0.181. The highest BCUT2D eigenvalue weighted by molar-refractivity contribution is 6.33. The van der Waals surface area contributed by atoms with E-state index in [2.05, 4.69) is 10.3 Å². The zero-order valence-corrected chi connectivity index (χ0v) is 16.9. The summed E-state index contributed by atoms with van der Waals surface area (Å²) in [4.78, 5) is 30.8. The molecule has 0 fully saturated rings. The largest absolute Gasteiger partial charge is 0.465 e. The SMILES string of the molecule is CCN(c1nc(C(=O)Nc2ccc(C(=O)OC)c(C)c2)ccc1Cl)C(C)C. The normalized spacial score (nSPS) is 10.6. The third-order valence-electron chi connectivity index (χ3n) is 4.19. The smallest absolute Gasteiger partial charge is 0.338 e. The molecule has 0 aliphatic rings. The molecule has 0 unspecified atom stereocenters. The number of carbonyl (C=O) groups is 2. The average Bonchev–Trinajstić information content (AvgIpc) is 2.63.